The number of halogens is 3. The summed E-state index contributed by atoms with van der Waals surface area (Å²) in [4.78, 5) is 21.6. The number of benzene rings is 2. The van der Waals surface area contributed by atoms with Crippen molar-refractivity contribution in [2.45, 2.75) is 12.8 Å². The largest absolute Gasteiger partial charge is 0.416 e. The first-order valence-corrected chi connectivity index (χ1v) is 8.29. The average Bonchev–Trinajstić information content (AvgIpc) is 2.69. The van der Waals surface area contributed by atoms with Crippen LogP contribution in [0, 0.1) is 0 Å². The smallest absolute Gasteiger partial charge is 0.340 e. The Balaban J connectivity index is 1.70. The molecule has 1 amide bonds. The zero-order chi connectivity index (χ0) is 20.0. The number of anilines is 2. The molecule has 0 aliphatic rings. The second-order valence-corrected chi connectivity index (χ2v) is 5.81. The number of hydrogen-bond donors (Lipinski definition) is 2. The molecule has 8 heteroatoms. The number of carbonyl (C=O) groups excluding carboxylic acids is 1. The molecule has 0 aliphatic carbocycles. The van der Waals surface area contributed by atoms with Gasteiger partial charge in [-0.15, -0.1) is 0 Å². The number of nitrogens with one attached hydrogen (secondary N) is 2. The van der Waals surface area contributed by atoms with Crippen molar-refractivity contribution in [3.63, 3.8) is 0 Å². The molecule has 144 valence electrons. The summed E-state index contributed by atoms with van der Waals surface area (Å²) >= 11 is 0. The van der Waals surface area contributed by atoms with Gasteiger partial charge < -0.3 is 5.32 Å². The molecular formula is C20H16F3N3O2. The maximum Gasteiger partial charge on any atom is 0.416 e. The highest BCUT2D eigenvalue weighted by atomic mass is 19.4. The fourth-order valence-corrected chi connectivity index (χ4v) is 2.41. The van der Waals surface area contributed by atoms with Crippen LogP contribution in [0.1, 0.15) is 21.5 Å². The lowest BCUT2D eigenvalue weighted by Crippen LogP contribution is -2.24. The highest BCUT2D eigenvalue weighted by Crippen LogP contribution is 2.31. The molecule has 0 saturated heterocycles. The normalized spacial score (nSPS) is 11.1. The number of alkyl halides is 3. The molecule has 0 atom stereocenters. The summed E-state index contributed by atoms with van der Waals surface area (Å²) < 4.78 is 38.6. The summed E-state index contributed by atoms with van der Waals surface area (Å²) in [5.74, 6) is -0.457. The van der Waals surface area contributed by atoms with Gasteiger partial charge in [-0.05, 0) is 35.9 Å². The molecule has 5 nitrogen and oxygen atoms in total. The van der Waals surface area contributed by atoms with Crippen LogP contribution in [0.4, 0.5) is 24.7 Å². The van der Waals surface area contributed by atoms with Crippen LogP contribution in [0.2, 0.25) is 0 Å². The lowest BCUT2D eigenvalue weighted by Gasteiger charge is -2.13. The topological polar surface area (TPSA) is 63.2 Å². The molecule has 0 fully saturated rings. The number of amides is 1. The number of hydroxylamine groups is 1. The van der Waals surface area contributed by atoms with E-state index >= 15 is 0 Å². The fourth-order valence-electron chi connectivity index (χ4n) is 2.41. The number of hydrogen-bond acceptors (Lipinski definition) is 4. The number of pyridine rings is 1. The summed E-state index contributed by atoms with van der Waals surface area (Å²) in [6.07, 6.45) is -3.04. The number of nitrogens with zero attached hydrogens (tertiary/aromatic N) is 1. The van der Waals surface area contributed by atoms with Crippen LogP contribution in [-0.2, 0) is 17.6 Å². The molecule has 0 unspecified atom stereocenters. The van der Waals surface area contributed by atoms with Crippen molar-refractivity contribution in [2.75, 3.05) is 5.32 Å². The van der Waals surface area contributed by atoms with Crippen LogP contribution in [0.5, 0.6) is 0 Å². The summed E-state index contributed by atoms with van der Waals surface area (Å²) in [7, 11) is 0. The number of carbonyl (C=O) groups is 1. The minimum atomic E-state index is -4.46. The van der Waals surface area contributed by atoms with Gasteiger partial charge in [-0.2, -0.15) is 13.2 Å². The molecule has 28 heavy (non-hydrogen) atoms. The second kappa shape index (κ2) is 8.53. The van der Waals surface area contributed by atoms with Gasteiger partial charge in [0.25, 0.3) is 5.91 Å². The third-order valence-corrected chi connectivity index (χ3v) is 3.75. The summed E-state index contributed by atoms with van der Waals surface area (Å²) in [5, 5.41) is 2.75. The van der Waals surface area contributed by atoms with Crippen molar-refractivity contribution < 1.29 is 22.8 Å². The lowest BCUT2D eigenvalue weighted by molar-refractivity contribution is -0.137. The molecule has 0 saturated carbocycles. The molecular weight excluding hydrogens is 371 g/mol. The first-order valence-electron chi connectivity index (χ1n) is 8.29. The van der Waals surface area contributed by atoms with Crippen molar-refractivity contribution in [1.29, 1.82) is 0 Å². The van der Waals surface area contributed by atoms with E-state index in [1.54, 1.807) is 6.07 Å². The molecule has 2 N–H and O–H groups in total. The van der Waals surface area contributed by atoms with Crippen LogP contribution < -0.4 is 10.8 Å². The van der Waals surface area contributed by atoms with Gasteiger partial charge in [0.1, 0.15) is 5.82 Å². The Morgan fingerprint density at radius 2 is 1.79 bits per heavy atom. The molecule has 0 aliphatic heterocycles. The minimum Gasteiger partial charge on any atom is -0.340 e. The van der Waals surface area contributed by atoms with Gasteiger partial charge in [-0.25, -0.2) is 10.5 Å². The van der Waals surface area contributed by atoms with Gasteiger partial charge in [-0.1, -0.05) is 36.4 Å². The molecule has 1 heterocycles. The molecule has 1 aromatic heterocycles. The molecule has 0 radical (unpaired) electrons. The molecule has 2 aromatic carbocycles. The molecule has 3 rings (SSSR count). The van der Waals surface area contributed by atoms with Crippen LogP contribution in [0.3, 0.4) is 0 Å². The van der Waals surface area contributed by atoms with Gasteiger partial charge in [0, 0.05) is 11.9 Å². The van der Waals surface area contributed by atoms with Crippen LogP contribution in [0.15, 0.2) is 72.9 Å². The molecule has 0 spiro atoms. The monoisotopic (exact) mass is 387 g/mol. The first-order chi connectivity index (χ1) is 13.4. The Kier molecular flexibility index (Phi) is 5.90. The maximum absolute atomic E-state index is 12.9. The molecule has 3 aromatic rings. The predicted molar refractivity (Wildman–Crippen MR) is 97.7 cm³/mol. The van der Waals surface area contributed by atoms with Gasteiger partial charge in [0.05, 0.1) is 17.7 Å². The summed E-state index contributed by atoms with van der Waals surface area (Å²) in [5.41, 5.74) is 2.67. The van der Waals surface area contributed by atoms with Crippen molar-refractivity contribution in [3.05, 3.63) is 89.6 Å². The number of rotatable bonds is 6. The van der Waals surface area contributed by atoms with E-state index in [-0.39, 0.29) is 23.7 Å². The quantitative estimate of drug-likeness (QED) is 0.602. The Labute approximate surface area is 159 Å². The second-order valence-electron chi connectivity index (χ2n) is 5.81. The van der Waals surface area contributed by atoms with Crippen molar-refractivity contribution >= 4 is 17.4 Å². The fraction of sp³-hybridized carbons (Fsp3) is 0.100. The van der Waals surface area contributed by atoms with Gasteiger partial charge in [0.15, 0.2) is 0 Å². The van der Waals surface area contributed by atoms with Crippen LogP contribution in [-0.4, -0.2) is 10.9 Å². The van der Waals surface area contributed by atoms with Crippen LogP contribution in [0.25, 0.3) is 0 Å². The third kappa shape index (κ3) is 5.08. The van der Waals surface area contributed by atoms with Crippen molar-refractivity contribution in [2.24, 2.45) is 0 Å². The van der Waals surface area contributed by atoms with E-state index in [9.17, 15) is 18.0 Å². The SMILES string of the molecule is O=C(NOCc1ccccc1)c1cccnc1Nc1cccc(C(F)(F)F)c1. The third-order valence-electron chi connectivity index (χ3n) is 3.75. The Hall–Kier alpha value is -3.39. The first kappa shape index (κ1) is 19.4. The molecule has 0 bridgehead atoms. The van der Waals surface area contributed by atoms with E-state index in [0.717, 1.165) is 17.7 Å². The van der Waals surface area contributed by atoms with E-state index in [1.807, 2.05) is 30.3 Å². The van der Waals surface area contributed by atoms with Gasteiger partial charge >= 0.3 is 6.18 Å². The highest BCUT2D eigenvalue weighted by molar-refractivity contribution is 5.98. The predicted octanol–water partition coefficient (Wildman–Crippen LogP) is 4.71. The standard InChI is InChI=1S/C20H16F3N3O2/c21-20(22,23)15-8-4-9-16(12-15)25-18-17(10-5-11-24-18)19(27)26-28-13-14-6-2-1-3-7-14/h1-12H,13H2,(H,24,25)(H,26,27). The summed E-state index contributed by atoms with van der Waals surface area (Å²) in [6.45, 7) is 0.170. The van der Waals surface area contributed by atoms with E-state index in [4.69, 9.17) is 4.84 Å². The Morgan fingerprint density at radius 1 is 1.00 bits per heavy atom. The van der Waals surface area contributed by atoms with E-state index in [1.165, 1.54) is 24.4 Å². The maximum atomic E-state index is 12.9. The van der Waals surface area contributed by atoms with Crippen molar-refractivity contribution in [3.8, 4) is 0 Å². The minimum absolute atomic E-state index is 0.114. The van der Waals surface area contributed by atoms with Crippen LogP contribution >= 0.6 is 0 Å². The van der Waals surface area contributed by atoms with E-state index in [0.29, 0.717) is 0 Å². The number of aromatic nitrogens is 1. The average molecular weight is 387 g/mol. The van der Waals surface area contributed by atoms with Crippen molar-refractivity contribution in [1.82, 2.24) is 10.5 Å². The summed E-state index contributed by atoms with van der Waals surface area (Å²) in [6, 6.07) is 16.9. The zero-order valence-corrected chi connectivity index (χ0v) is 14.5. The lowest BCUT2D eigenvalue weighted by atomic mass is 10.2. The Morgan fingerprint density at radius 3 is 2.54 bits per heavy atom. The van der Waals surface area contributed by atoms with Gasteiger partial charge in [0.2, 0.25) is 0 Å². The van der Waals surface area contributed by atoms with Gasteiger partial charge in [-0.3, -0.25) is 9.63 Å². The highest BCUT2D eigenvalue weighted by Gasteiger charge is 2.30. The van der Waals surface area contributed by atoms with E-state index in [2.05, 4.69) is 15.8 Å². The zero-order valence-electron chi connectivity index (χ0n) is 14.5. The van der Waals surface area contributed by atoms with E-state index < -0.39 is 17.6 Å². The Bertz CT molecular complexity index is 947.